The highest BCUT2D eigenvalue weighted by atomic mass is 16.7. The Morgan fingerprint density at radius 1 is 1.17 bits per heavy atom. The average molecular weight is 428 g/mol. The first-order valence-electron chi connectivity index (χ1n) is 8.83. The third kappa shape index (κ3) is 4.46. The molecule has 2 aliphatic rings. The molecule has 2 heterocycles. The molecule has 0 radical (unpaired) electrons. The fourth-order valence-electron chi connectivity index (χ4n) is 3.04. The van der Waals surface area contributed by atoms with Crippen LogP contribution in [0, 0.1) is 0 Å². The van der Waals surface area contributed by atoms with Crippen molar-refractivity contribution in [1.29, 1.82) is 0 Å². The normalized spacial score (nSPS) is 27.7. The number of cyclic esters (lactones) is 1. The number of carboxylic acid groups (broad SMARTS) is 1. The fraction of sp³-hybridized carbons (Fsp3) is 0.500. The van der Waals surface area contributed by atoms with Crippen molar-refractivity contribution >= 4 is 17.9 Å². The Labute approximate surface area is 169 Å². The Balaban J connectivity index is 1.77. The molecular formula is C18H20O12. The molecule has 0 saturated carbocycles. The largest absolute Gasteiger partial charge is 0.497 e. The van der Waals surface area contributed by atoms with E-state index >= 15 is 0 Å². The lowest BCUT2D eigenvalue weighted by atomic mass is 9.99. The van der Waals surface area contributed by atoms with Crippen LogP contribution < -0.4 is 9.47 Å². The van der Waals surface area contributed by atoms with E-state index < -0.39 is 61.6 Å². The zero-order valence-electron chi connectivity index (χ0n) is 15.7. The van der Waals surface area contributed by atoms with Crippen LogP contribution >= 0.6 is 0 Å². The Morgan fingerprint density at radius 2 is 1.90 bits per heavy atom. The first-order chi connectivity index (χ1) is 14.2. The summed E-state index contributed by atoms with van der Waals surface area (Å²) < 4.78 is 25.8. The molecule has 5 atom stereocenters. The Hall–Kier alpha value is -2.93. The number of carbonyl (C=O) groups excluding carboxylic acids is 2. The lowest BCUT2D eigenvalue weighted by molar-refractivity contribution is -0.278. The van der Waals surface area contributed by atoms with Crippen molar-refractivity contribution in [2.75, 3.05) is 13.7 Å². The lowest BCUT2D eigenvalue weighted by Crippen LogP contribution is -2.60. The van der Waals surface area contributed by atoms with Gasteiger partial charge in [0.1, 0.15) is 61.1 Å². The first kappa shape index (κ1) is 21.8. The number of carbonyl (C=O) groups is 3. The number of aliphatic hydroxyl groups is 3. The minimum Gasteiger partial charge on any atom is -0.497 e. The van der Waals surface area contributed by atoms with Crippen molar-refractivity contribution in [1.82, 2.24) is 0 Å². The summed E-state index contributed by atoms with van der Waals surface area (Å²) in [5, 5.41) is 39.0. The molecule has 0 aromatic heterocycles. The first-order valence-corrected chi connectivity index (χ1v) is 8.83. The fourth-order valence-corrected chi connectivity index (χ4v) is 3.04. The predicted molar refractivity (Wildman–Crippen MR) is 92.6 cm³/mol. The lowest BCUT2D eigenvalue weighted by Gasteiger charge is -2.40. The van der Waals surface area contributed by atoms with Crippen molar-refractivity contribution in [3.63, 3.8) is 0 Å². The van der Waals surface area contributed by atoms with E-state index in [1.807, 2.05) is 0 Å². The number of esters is 2. The molecule has 0 bridgehead atoms. The second-order valence-corrected chi connectivity index (χ2v) is 6.62. The summed E-state index contributed by atoms with van der Waals surface area (Å²) >= 11 is 0. The maximum Gasteiger partial charge on any atom is 0.342 e. The van der Waals surface area contributed by atoms with Crippen molar-refractivity contribution in [3.05, 3.63) is 23.3 Å². The van der Waals surface area contributed by atoms with Gasteiger partial charge in [0.2, 0.25) is 6.29 Å². The van der Waals surface area contributed by atoms with Gasteiger partial charge >= 0.3 is 17.9 Å². The number of hydrogen-bond donors (Lipinski definition) is 4. The van der Waals surface area contributed by atoms with Gasteiger partial charge in [0.05, 0.1) is 7.11 Å². The molecule has 1 aromatic carbocycles. The van der Waals surface area contributed by atoms with Gasteiger partial charge in [-0.15, -0.1) is 0 Å². The number of fused-ring (bicyclic) bond motifs is 1. The van der Waals surface area contributed by atoms with Crippen LogP contribution in [-0.4, -0.2) is 82.8 Å². The van der Waals surface area contributed by atoms with Crippen LogP contribution in [0.3, 0.4) is 0 Å². The third-order valence-electron chi connectivity index (χ3n) is 4.57. The molecule has 30 heavy (non-hydrogen) atoms. The van der Waals surface area contributed by atoms with Gasteiger partial charge in [-0.1, -0.05) is 0 Å². The molecule has 1 fully saturated rings. The zero-order chi connectivity index (χ0) is 22.0. The van der Waals surface area contributed by atoms with Gasteiger partial charge in [-0.25, -0.2) is 4.79 Å². The topological polar surface area (TPSA) is 178 Å². The molecule has 0 amide bonds. The SMILES string of the molecule is COc1cc2c(c(O[C@@H]3O[C@H](COC(=O)CC(=O)O)[C@@H](O)[C@H](O)[C@H]3O)c1)C(=O)OC2. The molecule has 4 N–H and O–H groups in total. The maximum absolute atomic E-state index is 12.0. The van der Waals surface area contributed by atoms with Crippen LogP contribution in [0.2, 0.25) is 0 Å². The standard InChI is InChI=1S/C18H20O12/c1-26-8-2-7-5-28-17(25)13(7)9(3-8)29-18-16(24)15(23)14(22)10(30-18)6-27-12(21)4-11(19)20/h2-3,10,14-16,18,22-24H,4-6H2,1H3,(H,19,20)/t10-,14-,15+,16-,18-/m1/s1. The summed E-state index contributed by atoms with van der Waals surface area (Å²) in [6.45, 7) is -0.603. The predicted octanol–water partition coefficient (Wildman–Crippen LogP) is -1.43. The Morgan fingerprint density at radius 3 is 2.57 bits per heavy atom. The zero-order valence-corrected chi connectivity index (χ0v) is 15.7. The average Bonchev–Trinajstić information content (AvgIpc) is 3.07. The molecule has 1 saturated heterocycles. The quantitative estimate of drug-likeness (QED) is 0.294. The molecule has 2 aliphatic heterocycles. The van der Waals surface area contributed by atoms with Crippen LogP contribution in [0.4, 0.5) is 0 Å². The van der Waals surface area contributed by atoms with Crippen LogP contribution in [0.1, 0.15) is 22.3 Å². The number of methoxy groups -OCH3 is 1. The molecule has 1 aromatic rings. The van der Waals surface area contributed by atoms with Gasteiger partial charge in [-0.2, -0.15) is 0 Å². The molecule has 0 spiro atoms. The minimum absolute atomic E-state index is 0.000697. The van der Waals surface area contributed by atoms with Gasteiger partial charge in [0.15, 0.2) is 0 Å². The second-order valence-electron chi connectivity index (χ2n) is 6.62. The molecule has 12 nitrogen and oxygen atoms in total. The second kappa shape index (κ2) is 8.83. The third-order valence-corrected chi connectivity index (χ3v) is 4.57. The van der Waals surface area contributed by atoms with E-state index in [9.17, 15) is 29.7 Å². The van der Waals surface area contributed by atoms with Crippen LogP contribution in [0.15, 0.2) is 12.1 Å². The molecule has 3 rings (SSSR count). The highest BCUT2D eigenvalue weighted by molar-refractivity contribution is 5.96. The number of aliphatic carboxylic acids is 1. The molecule has 0 unspecified atom stereocenters. The van der Waals surface area contributed by atoms with Crippen molar-refractivity contribution in [2.45, 2.75) is 43.7 Å². The number of aliphatic hydroxyl groups excluding tert-OH is 3. The number of ether oxygens (including phenoxy) is 5. The van der Waals surface area contributed by atoms with Crippen LogP contribution in [0.5, 0.6) is 11.5 Å². The van der Waals surface area contributed by atoms with E-state index in [1.165, 1.54) is 13.2 Å². The summed E-state index contributed by atoms with van der Waals surface area (Å²) in [4.78, 5) is 33.9. The van der Waals surface area contributed by atoms with E-state index in [0.29, 0.717) is 11.3 Å². The van der Waals surface area contributed by atoms with Crippen LogP contribution in [0.25, 0.3) is 0 Å². The van der Waals surface area contributed by atoms with E-state index in [2.05, 4.69) is 0 Å². The van der Waals surface area contributed by atoms with Gasteiger partial charge in [0.25, 0.3) is 0 Å². The Kier molecular flexibility index (Phi) is 6.41. The Bertz CT molecular complexity index is 837. The van der Waals surface area contributed by atoms with E-state index in [0.717, 1.165) is 0 Å². The van der Waals surface area contributed by atoms with Crippen molar-refractivity contribution in [2.24, 2.45) is 0 Å². The number of rotatable bonds is 7. The molecule has 0 aliphatic carbocycles. The monoisotopic (exact) mass is 428 g/mol. The van der Waals surface area contributed by atoms with Gasteiger partial charge < -0.3 is 44.1 Å². The van der Waals surface area contributed by atoms with E-state index in [1.54, 1.807) is 6.07 Å². The summed E-state index contributed by atoms with van der Waals surface area (Å²) in [7, 11) is 1.40. The van der Waals surface area contributed by atoms with Gasteiger partial charge in [0, 0.05) is 11.6 Å². The molecule has 164 valence electrons. The minimum atomic E-state index is -1.74. The van der Waals surface area contributed by atoms with Crippen LogP contribution in [-0.2, 0) is 30.4 Å². The molecular weight excluding hydrogens is 408 g/mol. The maximum atomic E-state index is 12.0. The number of carboxylic acids is 1. The highest BCUT2D eigenvalue weighted by Gasteiger charge is 2.46. The molecule has 12 heteroatoms. The highest BCUT2D eigenvalue weighted by Crippen LogP contribution is 2.36. The van der Waals surface area contributed by atoms with Crippen molar-refractivity contribution < 1.29 is 58.5 Å². The summed E-state index contributed by atoms with van der Waals surface area (Å²) in [6, 6.07) is 2.94. The summed E-state index contributed by atoms with van der Waals surface area (Å²) in [5.74, 6) is -2.84. The van der Waals surface area contributed by atoms with Gasteiger partial charge in [-0.05, 0) is 6.07 Å². The number of benzene rings is 1. The van der Waals surface area contributed by atoms with Crippen molar-refractivity contribution in [3.8, 4) is 11.5 Å². The van der Waals surface area contributed by atoms with E-state index in [4.69, 9.17) is 28.8 Å². The van der Waals surface area contributed by atoms with Gasteiger partial charge in [-0.3, -0.25) is 9.59 Å². The smallest absolute Gasteiger partial charge is 0.342 e. The summed E-state index contributed by atoms with van der Waals surface area (Å²) in [5.41, 5.74) is 0.580. The summed E-state index contributed by atoms with van der Waals surface area (Å²) in [6.07, 6.45) is -8.90. The van der Waals surface area contributed by atoms with E-state index in [-0.39, 0.29) is 17.9 Å². The number of hydrogen-bond acceptors (Lipinski definition) is 11.